The number of tetrazole rings is 1. The van der Waals surface area contributed by atoms with Crippen LogP contribution in [0.3, 0.4) is 0 Å². The first-order valence-corrected chi connectivity index (χ1v) is 11.8. The second kappa shape index (κ2) is 9.69. The van der Waals surface area contributed by atoms with E-state index in [1.54, 1.807) is 0 Å². The maximum atomic E-state index is 4.73. The summed E-state index contributed by atoms with van der Waals surface area (Å²) >= 11 is 0. The van der Waals surface area contributed by atoms with Gasteiger partial charge in [-0.15, -0.1) is 5.10 Å². The molecular weight excluding hydrogens is 384 g/mol. The summed E-state index contributed by atoms with van der Waals surface area (Å²) in [6.45, 7) is 2.10. The fourth-order valence-corrected chi connectivity index (χ4v) is 5.35. The van der Waals surface area contributed by atoms with Gasteiger partial charge in [0, 0.05) is 6.20 Å². The van der Waals surface area contributed by atoms with E-state index < -0.39 is 0 Å². The topological polar surface area (TPSA) is 59.7 Å². The normalized spacial score (nSPS) is 20.0. The molecule has 6 heteroatoms. The molecule has 1 aromatic carbocycles. The van der Waals surface area contributed by atoms with E-state index in [1.807, 2.05) is 12.3 Å². The molecule has 1 saturated carbocycles. The smallest absolute Gasteiger partial charge is 0.174 e. The minimum atomic E-state index is 0.0239. The standard InChI is InChI=1S/C25H32N6/c1-3-9-20(10-4-1)19-21-14-17-30(18-15-21)24(23-13-7-8-16-26-23)25-27-28-29-31(25)22-11-5-2-6-12-22/h1,3-4,7-10,13,16,21-22,24H,2,5-6,11-12,14-15,17-19H2/t24-/m0/s1. The Labute approximate surface area is 184 Å². The van der Waals surface area contributed by atoms with Crippen molar-refractivity contribution in [3.63, 3.8) is 0 Å². The van der Waals surface area contributed by atoms with Crippen LogP contribution in [0.25, 0.3) is 0 Å². The van der Waals surface area contributed by atoms with Crippen molar-refractivity contribution in [2.45, 2.75) is 63.5 Å². The average molecular weight is 417 g/mol. The van der Waals surface area contributed by atoms with Crippen molar-refractivity contribution < 1.29 is 0 Å². The summed E-state index contributed by atoms with van der Waals surface area (Å²) in [5.74, 6) is 1.70. The molecule has 2 aliphatic rings. The number of rotatable bonds is 6. The Balaban J connectivity index is 1.36. The largest absolute Gasteiger partial charge is 0.288 e. The molecule has 31 heavy (non-hydrogen) atoms. The molecule has 1 aliphatic heterocycles. The second-order valence-corrected chi connectivity index (χ2v) is 9.10. The Hall–Kier alpha value is -2.60. The lowest BCUT2D eigenvalue weighted by atomic mass is 9.89. The number of benzene rings is 1. The lowest BCUT2D eigenvalue weighted by molar-refractivity contribution is 0.138. The highest BCUT2D eigenvalue weighted by Crippen LogP contribution is 2.34. The zero-order valence-electron chi connectivity index (χ0n) is 18.2. The van der Waals surface area contributed by atoms with Crippen molar-refractivity contribution in [2.24, 2.45) is 5.92 Å². The lowest BCUT2D eigenvalue weighted by Crippen LogP contribution is -2.39. The molecule has 2 fully saturated rings. The molecule has 1 atom stereocenters. The first-order valence-electron chi connectivity index (χ1n) is 11.8. The van der Waals surface area contributed by atoms with Gasteiger partial charge in [-0.2, -0.15) is 0 Å². The summed E-state index contributed by atoms with van der Waals surface area (Å²) in [5.41, 5.74) is 2.50. The molecule has 1 aliphatic carbocycles. The molecule has 0 radical (unpaired) electrons. The van der Waals surface area contributed by atoms with E-state index >= 15 is 0 Å². The maximum absolute atomic E-state index is 4.73. The fraction of sp³-hybridized carbons (Fsp3) is 0.520. The number of hydrogen-bond donors (Lipinski definition) is 0. The van der Waals surface area contributed by atoms with Crippen LogP contribution in [-0.2, 0) is 6.42 Å². The number of nitrogens with zero attached hydrogens (tertiary/aromatic N) is 6. The summed E-state index contributed by atoms with van der Waals surface area (Å²) in [7, 11) is 0. The van der Waals surface area contributed by atoms with Gasteiger partial charge in [-0.25, -0.2) is 4.68 Å². The summed E-state index contributed by atoms with van der Waals surface area (Å²) in [6.07, 6.45) is 11.7. The molecule has 1 saturated heterocycles. The van der Waals surface area contributed by atoms with E-state index in [4.69, 9.17) is 4.98 Å². The van der Waals surface area contributed by atoms with Crippen molar-refractivity contribution >= 4 is 0 Å². The zero-order valence-corrected chi connectivity index (χ0v) is 18.2. The SMILES string of the molecule is c1ccc(CC2CCN([C@@H](c3ccccn3)c3nnnn3C3CCCCC3)CC2)cc1. The molecule has 6 nitrogen and oxygen atoms in total. The van der Waals surface area contributed by atoms with Crippen LogP contribution >= 0.6 is 0 Å². The fourth-order valence-electron chi connectivity index (χ4n) is 5.35. The van der Waals surface area contributed by atoms with Crippen molar-refractivity contribution in [1.29, 1.82) is 0 Å². The van der Waals surface area contributed by atoms with E-state index in [0.717, 1.165) is 30.5 Å². The number of aromatic nitrogens is 5. The summed E-state index contributed by atoms with van der Waals surface area (Å²) in [5, 5.41) is 13.1. The number of hydrogen-bond acceptors (Lipinski definition) is 5. The third-order valence-corrected chi connectivity index (χ3v) is 7.03. The lowest BCUT2D eigenvalue weighted by Gasteiger charge is -2.37. The minimum absolute atomic E-state index is 0.0239. The van der Waals surface area contributed by atoms with Gasteiger partial charge in [0.25, 0.3) is 0 Å². The van der Waals surface area contributed by atoms with Gasteiger partial charge in [-0.1, -0.05) is 55.7 Å². The molecule has 0 amide bonds. The molecular formula is C25H32N6. The van der Waals surface area contributed by atoms with Gasteiger partial charge in [-0.05, 0) is 79.2 Å². The van der Waals surface area contributed by atoms with E-state index in [1.165, 1.54) is 56.9 Å². The Morgan fingerprint density at radius 1 is 0.871 bits per heavy atom. The number of piperidine rings is 1. The van der Waals surface area contributed by atoms with Crippen LogP contribution < -0.4 is 0 Å². The van der Waals surface area contributed by atoms with Crippen molar-refractivity contribution in [3.8, 4) is 0 Å². The third kappa shape index (κ3) is 4.69. The Morgan fingerprint density at radius 3 is 2.39 bits per heavy atom. The van der Waals surface area contributed by atoms with Crippen LogP contribution in [-0.4, -0.2) is 43.2 Å². The molecule has 0 N–H and O–H groups in total. The van der Waals surface area contributed by atoms with Crippen molar-refractivity contribution in [3.05, 3.63) is 71.8 Å². The summed E-state index contributed by atoms with van der Waals surface area (Å²) in [6, 6.07) is 17.5. The van der Waals surface area contributed by atoms with Gasteiger partial charge in [-0.3, -0.25) is 9.88 Å². The quantitative estimate of drug-likeness (QED) is 0.587. The van der Waals surface area contributed by atoms with Gasteiger partial charge in [0.15, 0.2) is 5.82 Å². The molecule has 0 unspecified atom stereocenters. The predicted molar refractivity (Wildman–Crippen MR) is 120 cm³/mol. The molecule has 162 valence electrons. The summed E-state index contributed by atoms with van der Waals surface area (Å²) < 4.78 is 2.12. The van der Waals surface area contributed by atoms with Gasteiger partial charge in [0.05, 0.1) is 11.7 Å². The Morgan fingerprint density at radius 2 is 1.65 bits per heavy atom. The zero-order chi connectivity index (χ0) is 20.9. The van der Waals surface area contributed by atoms with Crippen molar-refractivity contribution in [1.82, 2.24) is 30.1 Å². The Bertz CT molecular complexity index is 927. The van der Waals surface area contributed by atoms with Crippen LogP contribution in [0.1, 0.15) is 74.1 Å². The van der Waals surface area contributed by atoms with E-state index in [2.05, 4.69) is 67.6 Å². The first-order chi connectivity index (χ1) is 15.4. The monoisotopic (exact) mass is 416 g/mol. The van der Waals surface area contributed by atoms with Crippen LogP contribution in [0.4, 0.5) is 0 Å². The molecule has 3 aromatic rings. The van der Waals surface area contributed by atoms with E-state index in [9.17, 15) is 0 Å². The molecule has 5 rings (SSSR count). The van der Waals surface area contributed by atoms with Gasteiger partial charge >= 0.3 is 0 Å². The van der Waals surface area contributed by atoms with Gasteiger partial charge in [0.2, 0.25) is 0 Å². The highest BCUT2D eigenvalue weighted by atomic mass is 15.6. The van der Waals surface area contributed by atoms with Crippen LogP contribution in [0.2, 0.25) is 0 Å². The number of pyridine rings is 1. The molecule has 0 spiro atoms. The van der Waals surface area contributed by atoms with E-state index in [0.29, 0.717) is 6.04 Å². The second-order valence-electron chi connectivity index (χ2n) is 9.10. The first kappa shape index (κ1) is 20.3. The average Bonchev–Trinajstić information content (AvgIpc) is 3.32. The van der Waals surface area contributed by atoms with Gasteiger partial charge in [0.1, 0.15) is 6.04 Å². The molecule has 3 heterocycles. The summed E-state index contributed by atoms with van der Waals surface area (Å²) in [4.78, 5) is 7.28. The van der Waals surface area contributed by atoms with Crippen LogP contribution in [0.15, 0.2) is 54.7 Å². The van der Waals surface area contributed by atoms with E-state index in [-0.39, 0.29) is 6.04 Å². The van der Waals surface area contributed by atoms with Gasteiger partial charge < -0.3 is 0 Å². The highest BCUT2D eigenvalue weighted by Gasteiger charge is 2.33. The predicted octanol–water partition coefficient (Wildman–Crippen LogP) is 4.62. The van der Waals surface area contributed by atoms with Crippen LogP contribution in [0, 0.1) is 5.92 Å². The maximum Gasteiger partial charge on any atom is 0.174 e. The van der Waals surface area contributed by atoms with Crippen molar-refractivity contribution in [2.75, 3.05) is 13.1 Å². The Kier molecular flexibility index (Phi) is 6.35. The number of likely N-dealkylation sites (tertiary alicyclic amines) is 1. The molecule has 2 aromatic heterocycles. The molecule has 0 bridgehead atoms. The highest BCUT2D eigenvalue weighted by molar-refractivity contribution is 5.19. The van der Waals surface area contributed by atoms with Crippen LogP contribution in [0.5, 0.6) is 0 Å². The minimum Gasteiger partial charge on any atom is -0.288 e. The third-order valence-electron chi connectivity index (χ3n) is 7.03.